The summed E-state index contributed by atoms with van der Waals surface area (Å²) in [5.74, 6) is -0.124. The fourth-order valence-electron chi connectivity index (χ4n) is 5.01. The van der Waals surface area contributed by atoms with Gasteiger partial charge in [0, 0.05) is 42.1 Å². The number of carbonyl (C=O) groups is 2. The Morgan fingerprint density at radius 1 is 1.06 bits per heavy atom. The Morgan fingerprint density at radius 3 is 2.53 bits per heavy atom. The second kappa shape index (κ2) is 10.9. The van der Waals surface area contributed by atoms with Gasteiger partial charge in [-0.2, -0.15) is 5.10 Å². The molecule has 2 aromatic carbocycles. The molecule has 0 saturated heterocycles. The summed E-state index contributed by atoms with van der Waals surface area (Å²) in [6.45, 7) is 7.34. The van der Waals surface area contributed by atoms with Crippen LogP contribution in [0.2, 0.25) is 0 Å². The number of aromatic nitrogens is 2. The van der Waals surface area contributed by atoms with Gasteiger partial charge in [0.25, 0.3) is 5.91 Å². The highest BCUT2D eigenvalue weighted by molar-refractivity contribution is 6.00. The molecule has 1 saturated carbocycles. The zero-order valence-electron chi connectivity index (χ0n) is 20.6. The van der Waals surface area contributed by atoms with Crippen molar-refractivity contribution in [3.8, 4) is 0 Å². The first-order valence-corrected chi connectivity index (χ1v) is 12.7. The summed E-state index contributed by atoms with van der Waals surface area (Å²) in [7, 11) is 0. The molecule has 2 N–H and O–H groups in total. The van der Waals surface area contributed by atoms with Crippen molar-refractivity contribution in [2.24, 2.45) is 0 Å². The summed E-state index contributed by atoms with van der Waals surface area (Å²) in [5, 5.41) is 12.7. The standard InChI is InChI=1S/C28H36N4O2/c1-4-19-16-25-24(18-30-32(25)6-3)27(31-22-13-8-7-9-14-22)23(19)17-29-28(34)21-12-10-11-20(15-21)26(33)5-2/h10-12,15-16,18,22,31H,4-9,13-14,17H2,1-3H3,(H,29,34). The molecule has 1 aromatic heterocycles. The lowest BCUT2D eigenvalue weighted by atomic mass is 9.93. The molecule has 0 atom stereocenters. The van der Waals surface area contributed by atoms with Gasteiger partial charge in [0.2, 0.25) is 0 Å². The van der Waals surface area contributed by atoms with Crippen LogP contribution in [0.3, 0.4) is 0 Å². The van der Waals surface area contributed by atoms with Crippen molar-refractivity contribution in [1.29, 1.82) is 0 Å². The summed E-state index contributed by atoms with van der Waals surface area (Å²) < 4.78 is 2.04. The van der Waals surface area contributed by atoms with Crippen molar-refractivity contribution >= 4 is 28.3 Å². The van der Waals surface area contributed by atoms with Crippen LogP contribution in [0.15, 0.2) is 36.5 Å². The molecular weight excluding hydrogens is 424 g/mol. The van der Waals surface area contributed by atoms with Gasteiger partial charge in [-0.1, -0.05) is 45.2 Å². The first-order chi connectivity index (χ1) is 16.5. The first-order valence-electron chi connectivity index (χ1n) is 12.7. The lowest BCUT2D eigenvalue weighted by Gasteiger charge is -2.27. The van der Waals surface area contributed by atoms with E-state index in [9.17, 15) is 9.59 Å². The number of nitrogens with one attached hydrogen (secondary N) is 2. The molecule has 0 unspecified atom stereocenters. The molecule has 6 nitrogen and oxygen atoms in total. The average molecular weight is 461 g/mol. The SMILES string of the molecule is CCC(=O)c1cccc(C(=O)NCc2c(CC)cc3c(cnn3CC)c2NC2CCCCC2)c1. The lowest BCUT2D eigenvalue weighted by Crippen LogP contribution is -2.27. The molecule has 1 aliphatic rings. The number of aryl methyl sites for hydroxylation is 2. The Balaban J connectivity index is 1.66. The minimum Gasteiger partial charge on any atom is -0.381 e. The maximum absolute atomic E-state index is 13.0. The monoisotopic (exact) mass is 460 g/mol. The summed E-state index contributed by atoms with van der Waals surface area (Å²) in [6, 6.07) is 9.66. The number of carbonyl (C=O) groups excluding carboxylic acids is 2. The van der Waals surface area contributed by atoms with Crippen LogP contribution in [0.1, 0.15) is 91.1 Å². The maximum atomic E-state index is 13.0. The van der Waals surface area contributed by atoms with Crippen molar-refractivity contribution in [3.63, 3.8) is 0 Å². The molecule has 180 valence electrons. The Kier molecular flexibility index (Phi) is 7.66. The van der Waals surface area contributed by atoms with Crippen LogP contribution < -0.4 is 10.6 Å². The molecule has 4 rings (SSSR count). The van der Waals surface area contributed by atoms with E-state index in [0.29, 0.717) is 30.1 Å². The van der Waals surface area contributed by atoms with E-state index in [1.165, 1.54) is 37.7 Å². The summed E-state index contributed by atoms with van der Waals surface area (Å²) >= 11 is 0. The molecule has 1 aliphatic carbocycles. The highest BCUT2D eigenvalue weighted by Gasteiger charge is 2.21. The van der Waals surface area contributed by atoms with E-state index in [0.717, 1.165) is 35.1 Å². The van der Waals surface area contributed by atoms with Gasteiger partial charge in [0.05, 0.1) is 17.4 Å². The van der Waals surface area contributed by atoms with Gasteiger partial charge in [0.1, 0.15) is 0 Å². The smallest absolute Gasteiger partial charge is 0.251 e. The van der Waals surface area contributed by atoms with Crippen LogP contribution >= 0.6 is 0 Å². The fourth-order valence-corrected chi connectivity index (χ4v) is 5.01. The van der Waals surface area contributed by atoms with E-state index < -0.39 is 0 Å². The van der Waals surface area contributed by atoms with Crippen LogP contribution in [0.25, 0.3) is 10.9 Å². The fraction of sp³-hybridized carbons (Fsp3) is 0.464. The van der Waals surface area contributed by atoms with Crippen molar-refractivity contribution in [1.82, 2.24) is 15.1 Å². The van der Waals surface area contributed by atoms with Crippen molar-refractivity contribution < 1.29 is 9.59 Å². The van der Waals surface area contributed by atoms with Gasteiger partial charge in [-0.25, -0.2) is 0 Å². The molecule has 0 bridgehead atoms. The summed E-state index contributed by atoms with van der Waals surface area (Å²) in [5.41, 5.74) is 5.69. The van der Waals surface area contributed by atoms with Crippen LogP contribution in [0.5, 0.6) is 0 Å². The van der Waals surface area contributed by atoms with Gasteiger partial charge < -0.3 is 10.6 Å². The molecule has 0 spiro atoms. The topological polar surface area (TPSA) is 76.0 Å². The Labute approximate surface area is 202 Å². The molecule has 1 heterocycles. The molecule has 34 heavy (non-hydrogen) atoms. The molecule has 0 radical (unpaired) electrons. The molecule has 6 heteroatoms. The van der Waals surface area contributed by atoms with Crippen molar-refractivity contribution in [2.75, 3.05) is 5.32 Å². The second-order valence-electron chi connectivity index (χ2n) is 9.16. The third-order valence-electron chi connectivity index (χ3n) is 6.98. The van der Waals surface area contributed by atoms with E-state index in [1.807, 2.05) is 17.8 Å². The number of hydrogen-bond donors (Lipinski definition) is 2. The third kappa shape index (κ3) is 5.01. The normalized spacial score (nSPS) is 14.3. The minimum atomic E-state index is -0.166. The third-order valence-corrected chi connectivity index (χ3v) is 6.98. The molecular formula is C28H36N4O2. The lowest BCUT2D eigenvalue weighted by molar-refractivity contribution is 0.0951. The predicted octanol–water partition coefficient (Wildman–Crippen LogP) is 5.89. The molecule has 3 aromatic rings. The Hall–Kier alpha value is -3.15. The molecule has 0 aliphatic heterocycles. The van der Waals surface area contributed by atoms with E-state index in [1.54, 1.807) is 24.3 Å². The average Bonchev–Trinajstić information content (AvgIpc) is 3.30. The number of Topliss-reactive ketones (excluding diaryl/α,β-unsaturated/α-hetero) is 1. The van der Waals surface area contributed by atoms with E-state index in [2.05, 4.69) is 35.6 Å². The van der Waals surface area contributed by atoms with Gasteiger partial charge >= 0.3 is 0 Å². The summed E-state index contributed by atoms with van der Waals surface area (Å²) in [4.78, 5) is 25.1. The number of benzene rings is 2. The number of fused-ring (bicyclic) bond motifs is 1. The maximum Gasteiger partial charge on any atom is 0.251 e. The number of anilines is 1. The Morgan fingerprint density at radius 2 is 1.82 bits per heavy atom. The number of hydrogen-bond acceptors (Lipinski definition) is 4. The second-order valence-corrected chi connectivity index (χ2v) is 9.16. The van der Waals surface area contributed by atoms with E-state index >= 15 is 0 Å². The van der Waals surface area contributed by atoms with Crippen LogP contribution in [0.4, 0.5) is 5.69 Å². The van der Waals surface area contributed by atoms with E-state index in [-0.39, 0.29) is 11.7 Å². The van der Waals surface area contributed by atoms with Crippen LogP contribution in [-0.4, -0.2) is 27.5 Å². The quantitative estimate of drug-likeness (QED) is 0.391. The number of rotatable bonds is 9. The van der Waals surface area contributed by atoms with Crippen LogP contribution in [0, 0.1) is 0 Å². The number of nitrogens with zero attached hydrogens (tertiary/aromatic N) is 2. The number of ketones is 1. The van der Waals surface area contributed by atoms with Crippen molar-refractivity contribution in [2.45, 2.75) is 84.8 Å². The first kappa shape index (κ1) is 24.0. The van der Waals surface area contributed by atoms with Gasteiger partial charge in [-0.05, 0) is 55.5 Å². The van der Waals surface area contributed by atoms with E-state index in [4.69, 9.17) is 0 Å². The van der Waals surface area contributed by atoms with Gasteiger partial charge in [-0.3, -0.25) is 14.3 Å². The predicted molar refractivity (Wildman–Crippen MR) is 138 cm³/mol. The zero-order valence-corrected chi connectivity index (χ0v) is 20.6. The largest absolute Gasteiger partial charge is 0.381 e. The van der Waals surface area contributed by atoms with Gasteiger partial charge in [-0.15, -0.1) is 0 Å². The Bertz CT molecular complexity index is 1170. The molecule has 1 amide bonds. The molecule has 1 fully saturated rings. The van der Waals surface area contributed by atoms with Crippen LogP contribution in [-0.2, 0) is 19.5 Å². The number of amides is 1. The summed E-state index contributed by atoms with van der Waals surface area (Å²) in [6.07, 6.45) is 9.40. The zero-order chi connectivity index (χ0) is 24.1. The highest BCUT2D eigenvalue weighted by atomic mass is 16.1. The highest BCUT2D eigenvalue weighted by Crippen LogP contribution is 2.34. The minimum absolute atomic E-state index is 0.0419. The van der Waals surface area contributed by atoms with Gasteiger partial charge in [0.15, 0.2) is 5.78 Å². The van der Waals surface area contributed by atoms with Crippen molar-refractivity contribution in [3.05, 3.63) is 58.8 Å².